The predicted molar refractivity (Wildman–Crippen MR) is 97.1 cm³/mol. The average Bonchev–Trinajstić information content (AvgIpc) is 3.09. The van der Waals surface area contributed by atoms with E-state index in [0.717, 1.165) is 0 Å². The summed E-state index contributed by atoms with van der Waals surface area (Å²) in [5.41, 5.74) is 8.51. The molecule has 0 atom stereocenters. The van der Waals surface area contributed by atoms with Crippen LogP contribution in [0, 0.1) is 6.92 Å². The first kappa shape index (κ1) is 21.0. The van der Waals surface area contributed by atoms with Crippen LogP contribution < -0.4 is 24.8 Å². The Kier molecular flexibility index (Phi) is 6.62. The molecule has 0 nitrogen and oxygen atoms in total. The van der Waals surface area contributed by atoms with E-state index < -0.39 is 0 Å². The van der Waals surface area contributed by atoms with Crippen LogP contribution in [0.1, 0.15) is 28.2 Å². The minimum Gasteiger partial charge on any atom is -1.00 e. The van der Waals surface area contributed by atoms with Gasteiger partial charge in [-0.15, -0.1) is 46.2 Å². The molecule has 0 saturated heterocycles. The van der Waals surface area contributed by atoms with Crippen molar-refractivity contribution in [3.63, 3.8) is 0 Å². The molecule has 0 bridgehead atoms. The number of fused-ring (bicyclic) bond motifs is 4. The Bertz CT molecular complexity index is 1000. The minimum absolute atomic E-state index is 0. The van der Waals surface area contributed by atoms with Gasteiger partial charge in [0.05, 0.1) is 0 Å². The third-order valence-electron chi connectivity index (χ3n) is 5.17. The zero-order valence-electron chi connectivity index (χ0n) is 14.3. The molecule has 4 aromatic carbocycles. The van der Waals surface area contributed by atoms with Crippen molar-refractivity contribution in [3.8, 4) is 11.1 Å². The van der Waals surface area contributed by atoms with Crippen LogP contribution in [0.5, 0.6) is 0 Å². The van der Waals surface area contributed by atoms with E-state index in [-0.39, 0.29) is 51.0 Å². The first-order chi connectivity index (χ1) is 11.3. The average molecular weight is 456 g/mol. The van der Waals surface area contributed by atoms with E-state index >= 15 is 0 Å². The first-order valence-electron chi connectivity index (χ1n) is 8.18. The van der Waals surface area contributed by atoms with E-state index in [1.165, 1.54) is 44.2 Å². The van der Waals surface area contributed by atoms with Crippen molar-refractivity contribution in [2.24, 2.45) is 0 Å². The number of hydrogen-bond donors (Lipinski definition) is 0. The van der Waals surface area contributed by atoms with Crippen LogP contribution in [-0.4, -0.2) is 0 Å². The van der Waals surface area contributed by atoms with Crippen LogP contribution in [0.3, 0.4) is 0 Å². The summed E-state index contributed by atoms with van der Waals surface area (Å²) in [7, 11) is 0. The van der Waals surface area contributed by atoms with Gasteiger partial charge in [-0.3, -0.25) is 0 Å². The van der Waals surface area contributed by atoms with Crippen molar-refractivity contribution in [1.82, 2.24) is 0 Å². The second-order valence-corrected chi connectivity index (χ2v) is 6.44. The SMILES string of the molecule is Cc1[cH-]c2ccccc2c1C1c2ccccc2-c2ccccc21.[Cl-].[Cl-].[Zr+3]. The third kappa shape index (κ3) is 3.01. The van der Waals surface area contributed by atoms with Crippen molar-refractivity contribution < 1.29 is 51.0 Å². The fourth-order valence-corrected chi connectivity index (χ4v) is 4.24. The van der Waals surface area contributed by atoms with E-state index in [2.05, 4.69) is 85.8 Å². The fourth-order valence-electron chi connectivity index (χ4n) is 4.24. The zero-order chi connectivity index (χ0) is 15.4. The maximum Gasteiger partial charge on any atom is 3.00 e. The largest absolute Gasteiger partial charge is 3.00 e. The van der Waals surface area contributed by atoms with Crippen molar-refractivity contribution in [2.75, 3.05) is 0 Å². The fraction of sp³-hybridized carbons (Fsp3) is 0.0870. The molecule has 0 unspecified atom stereocenters. The molecule has 0 heterocycles. The normalized spacial score (nSPS) is 11.7. The summed E-state index contributed by atoms with van der Waals surface area (Å²) in [5.74, 6) is 0.349. The van der Waals surface area contributed by atoms with Crippen molar-refractivity contribution in [2.45, 2.75) is 12.8 Å². The van der Waals surface area contributed by atoms with Gasteiger partial charge in [-0.2, -0.15) is 0 Å². The molecule has 0 N–H and O–H groups in total. The molecule has 1 aliphatic rings. The Morgan fingerprint density at radius 2 is 1.19 bits per heavy atom. The maximum atomic E-state index is 2.33. The van der Waals surface area contributed by atoms with E-state index in [4.69, 9.17) is 0 Å². The van der Waals surface area contributed by atoms with Gasteiger partial charge >= 0.3 is 26.2 Å². The Morgan fingerprint density at radius 3 is 1.81 bits per heavy atom. The second-order valence-electron chi connectivity index (χ2n) is 6.44. The summed E-state index contributed by atoms with van der Waals surface area (Å²) in [6, 6.07) is 28.8. The molecule has 4 aromatic rings. The van der Waals surface area contributed by atoms with Crippen LogP contribution in [0.15, 0.2) is 78.9 Å². The van der Waals surface area contributed by atoms with Gasteiger partial charge in [-0.25, -0.2) is 0 Å². The van der Waals surface area contributed by atoms with Gasteiger partial charge in [0, 0.05) is 0 Å². The third-order valence-corrected chi connectivity index (χ3v) is 5.17. The predicted octanol–water partition coefficient (Wildman–Crippen LogP) is 0.0332. The summed E-state index contributed by atoms with van der Waals surface area (Å²) in [6.07, 6.45) is 0. The molecule has 0 aromatic heterocycles. The van der Waals surface area contributed by atoms with E-state index in [1.54, 1.807) is 0 Å². The van der Waals surface area contributed by atoms with Gasteiger partial charge in [0.15, 0.2) is 0 Å². The summed E-state index contributed by atoms with van der Waals surface area (Å²) < 4.78 is 0. The van der Waals surface area contributed by atoms with Crippen molar-refractivity contribution >= 4 is 10.8 Å². The number of aryl methyl sites for hydroxylation is 1. The van der Waals surface area contributed by atoms with Crippen LogP contribution >= 0.6 is 0 Å². The molecule has 127 valence electrons. The first-order valence-corrected chi connectivity index (χ1v) is 8.18. The van der Waals surface area contributed by atoms with Gasteiger partial charge in [0.2, 0.25) is 0 Å². The van der Waals surface area contributed by atoms with Crippen molar-refractivity contribution in [1.29, 1.82) is 0 Å². The monoisotopic (exact) mass is 453 g/mol. The van der Waals surface area contributed by atoms with E-state index in [0.29, 0.717) is 5.92 Å². The van der Waals surface area contributed by atoms with Gasteiger partial charge in [0.1, 0.15) is 0 Å². The van der Waals surface area contributed by atoms with E-state index in [1.807, 2.05) is 0 Å². The Labute approximate surface area is 185 Å². The van der Waals surface area contributed by atoms with Crippen LogP contribution in [-0.2, 0) is 26.2 Å². The Morgan fingerprint density at radius 1 is 0.692 bits per heavy atom. The molecule has 0 spiro atoms. The molecule has 1 aliphatic carbocycles. The number of benzene rings is 3. The Balaban J connectivity index is 0.000000810. The van der Waals surface area contributed by atoms with Gasteiger partial charge in [-0.05, 0) is 28.2 Å². The van der Waals surface area contributed by atoms with Crippen LogP contribution in [0.4, 0.5) is 0 Å². The smallest absolute Gasteiger partial charge is 1.00 e. The van der Waals surface area contributed by atoms with Crippen LogP contribution in [0.25, 0.3) is 21.9 Å². The van der Waals surface area contributed by atoms with Crippen molar-refractivity contribution in [3.05, 3.63) is 101 Å². The zero-order valence-corrected chi connectivity index (χ0v) is 18.3. The molecule has 1 radical (unpaired) electrons. The summed E-state index contributed by atoms with van der Waals surface area (Å²) in [5, 5.41) is 2.74. The summed E-state index contributed by atoms with van der Waals surface area (Å²) in [4.78, 5) is 0. The quantitative estimate of drug-likeness (QED) is 0.313. The number of rotatable bonds is 1. The molecule has 3 heteroatoms. The molecule has 0 fully saturated rings. The molecule has 0 aliphatic heterocycles. The Hall–Kier alpha value is -1.27. The topological polar surface area (TPSA) is 0 Å². The molecule has 5 rings (SSSR count). The van der Waals surface area contributed by atoms with Crippen LogP contribution in [0.2, 0.25) is 0 Å². The maximum absolute atomic E-state index is 2.33. The molecule has 26 heavy (non-hydrogen) atoms. The minimum atomic E-state index is 0. The summed E-state index contributed by atoms with van der Waals surface area (Å²) >= 11 is 0. The number of hydrogen-bond acceptors (Lipinski definition) is 0. The molecular formula is C23H17Cl2Zr. The van der Waals surface area contributed by atoms with Gasteiger partial charge in [0.25, 0.3) is 0 Å². The molecule has 0 saturated carbocycles. The molecular weight excluding hydrogens is 438 g/mol. The van der Waals surface area contributed by atoms with Gasteiger partial charge in [-0.1, -0.05) is 61.5 Å². The second kappa shape index (κ2) is 8.18. The van der Waals surface area contributed by atoms with E-state index in [9.17, 15) is 0 Å². The molecule has 0 amide bonds. The standard InChI is InChI=1S/C23H17.2ClH.Zr/c1-15-14-16-8-2-3-9-17(16)22(15)23-20-12-6-4-10-18(20)19-11-5-7-13-21(19)23;;;/h2-14,23H,1H3;2*1H;/q-1;;;+3/p-2. The number of halogens is 2. The summed E-state index contributed by atoms with van der Waals surface area (Å²) in [6.45, 7) is 2.25. The van der Waals surface area contributed by atoms with Gasteiger partial charge < -0.3 is 24.8 Å².